The number of hydrogen-bond acceptors (Lipinski definition) is 0. The fourth-order valence-electron chi connectivity index (χ4n) is 2.88. The molecule has 2 aromatic rings. The van der Waals surface area contributed by atoms with Gasteiger partial charge in [-0.1, -0.05) is 88.8 Å². The normalized spacial score (nSPS) is 11.5. The van der Waals surface area contributed by atoms with Crippen molar-refractivity contribution in [3.63, 3.8) is 0 Å². The van der Waals surface area contributed by atoms with Crippen LogP contribution in [0, 0.1) is 20.8 Å². The van der Waals surface area contributed by atoms with E-state index in [-0.39, 0.29) is 0 Å². The van der Waals surface area contributed by atoms with E-state index < -0.39 is 8.07 Å². The highest BCUT2D eigenvalue weighted by Crippen LogP contribution is 2.06. The molecule has 0 spiro atoms. The molecular weight excluding hydrogens is 255 g/mol. The second-order valence-corrected chi connectivity index (χ2v) is 11.8. The van der Waals surface area contributed by atoms with E-state index in [4.69, 9.17) is 0 Å². The van der Waals surface area contributed by atoms with Crippen LogP contribution in [0.2, 0.25) is 19.6 Å². The average molecular weight is 279 g/mol. The molecule has 0 fully saturated rings. The fourth-order valence-corrected chi connectivity index (χ4v) is 4.50. The van der Waals surface area contributed by atoms with E-state index in [0.29, 0.717) is 0 Å². The lowest BCUT2D eigenvalue weighted by atomic mass is 9.61. The van der Waals surface area contributed by atoms with E-state index in [1.54, 1.807) is 5.19 Å². The minimum atomic E-state index is -1.31. The van der Waals surface area contributed by atoms with Gasteiger partial charge in [0.05, 0.1) is 8.07 Å². The topological polar surface area (TPSA) is 0 Å². The van der Waals surface area contributed by atoms with Crippen LogP contribution in [0.4, 0.5) is 0 Å². The first-order valence-corrected chi connectivity index (χ1v) is 10.8. The first-order valence-electron chi connectivity index (χ1n) is 7.31. The van der Waals surface area contributed by atoms with Crippen molar-refractivity contribution in [1.29, 1.82) is 0 Å². The number of hydrogen-bond donors (Lipinski definition) is 0. The molecule has 0 N–H and O–H groups in total. The van der Waals surface area contributed by atoms with Crippen molar-refractivity contribution in [2.45, 2.75) is 40.4 Å². The zero-order valence-corrected chi connectivity index (χ0v) is 14.5. The Labute approximate surface area is 125 Å². The number of benzene rings is 2. The van der Waals surface area contributed by atoms with Crippen LogP contribution in [0.3, 0.4) is 0 Å². The van der Waals surface area contributed by atoms with Crippen LogP contribution < -0.4 is 16.1 Å². The third-order valence-electron chi connectivity index (χ3n) is 3.81. The molecule has 2 rings (SSSR count). The third-order valence-corrected chi connectivity index (χ3v) is 5.88. The Morgan fingerprint density at radius 3 is 1.95 bits per heavy atom. The highest BCUT2D eigenvalue weighted by Gasteiger charge is 2.20. The summed E-state index contributed by atoms with van der Waals surface area (Å²) >= 11 is 0. The van der Waals surface area contributed by atoms with E-state index in [2.05, 4.69) is 84.1 Å². The summed E-state index contributed by atoms with van der Waals surface area (Å²) in [6, 6.07) is 13.4. The van der Waals surface area contributed by atoms with Gasteiger partial charge in [-0.2, -0.15) is 0 Å². The van der Waals surface area contributed by atoms with Crippen molar-refractivity contribution >= 4 is 31.5 Å². The molecule has 0 heterocycles. The second-order valence-electron chi connectivity index (χ2n) is 6.79. The Hall–Kier alpha value is -1.28. The molecule has 0 aliphatic rings. The summed E-state index contributed by atoms with van der Waals surface area (Å²) in [5.74, 6) is 0. The van der Waals surface area contributed by atoms with Gasteiger partial charge in [0.2, 0.25) is 0 Å². The summed E-state index contributed by atoms with van der Waals surface area (Å²) in [6.07, 6.45) is 0. The van der Waals surface area contributed by atoms with Crippen LogP contribution in [-0.4, -0.2) is 15.4 Å². The molecule has 0 aromatic heterocycles. The smallest absolute Gasteiger partial charge is 0.0821 e. The number of rotatable bonds is 3. The van der Waals surface area contributed by atoms with Crippen LogP contribution in [0.15, 0.2) is 36.4 Å². The molecule has 20 heavy (non-hydrogen) atoms. The lowest BCUT2D eigenvalue weighted by Crippen LogP contribution is -2.51. The van der Waals surface area contributed by atoms with Gasteiger partial charge >= 0.3 is 0 Å². The highest BCUT2D eigenvalue weighted by molar-refractivity contribution is 6.92. The SMILES string of the molecule is Cc1cc(C)c([B]c2ccccc2[Si](C)(C)C)c(C)c1. The van der Waals surface area contributed by atoms with Gasteiger partial charge in [0.15, 0.2) is 7.28 Å². The van der Waals surface area contributed by atoms with Gasteiger partial charge in [-0.3, -0.25) is 0 Å². The van der Waals surface area contributed by atoms with Crippen molar-refractivity contribution in [2.24, 2.45) is 0 Å². The average Bonchev–Trinajstić information content (AvgIpc) is 2.33. The maximum atomic E-state index is 2.41. The van der Waals surface area contributed by atoms with E-state index in [1.165, 1.54) is 27.6 Å². The van der Waals surface area contributed by atoms with Gasteiger partial charge in [-0.15, -0.1) is 0 Å². The largest absolute Gasteiger partial charge is 0.191 e. The Morgan fingerprint density at radius 1 is 0.850 bits per heavy atom. The molecule has 0 bridgehead atoms. The van der Waals surface area contributed by atoms with Gasteiger partial charge < -0.3 is 0 Å². The van der Waals surface area contributed by atoms with Crippen LogP contribution in [-0.2, 0) is 0 Å². The zero-order valence-electron chi connectivity index (χ0n) is 13.5. The van der Waals surface area contributed by atoms with Crippen LogP contribution >= 0.6 is 0 Å². The maximum Gasteiger partial charge on any atom is 0.191 e. The lowest BCUT2D eigenvalue weighted by Gasteiger charge is -2.22. The van der Waals surface area contributed by atoms with E-state index in [1.807, 2.05) is 0 Å². The van der Waals surface area contributed by atoms with E-state index in [9.17, 15) is 0 Å². The van der Waals surface area contributed by atoms with Gasteiger partial charge in [0, 0.05) is 0 Å². The maximum absolute atomic E-state index is 2.41. The zero-order chi connectivity index (χ0) is 14.9. The molecule has 0 atom stereocenters. The molecule has 0 unspecified atom stereocenters. The number of aryl methyl sites for hydroxylation is 3. The van der Waals surface area contributed by atoms with Gasteiger partial charge in [0.25, 0.3) is 0 Å². The summed E-state index contributed by atoms with van der Waals surface area (Å²) in [5.41, 5.74) is 6.85. The Bertz CT molecular complexity index is 601. The molecule has 0 aliphatic heterocycles. The van der Waals surface area contributed by atoms with Crippen molar-refractivity contribution in [1.82, 2.24) is 0 Å². The van der Waals surface area contributed by atoms with Crippen LogP contribution in [0.25, 0.3) is 0 Å². The molecule has 2 aromatic carbocycles. The first-order chi connectivity index (χ1) is 9.29. The van der Waals surface area contributed by atoms with Crippen molar-refractivity contribution < 1.29 is 0 Å². The van der Waals surface area contributed by atoms with Crippen molar-refractivity contribution in [3.8, 4) is 0 Å². The molecule has 0 amide bonds. The monoisotopic (exact) mass is 279 g/mol. The predicted octanol–water partition coefficient (Wildman–Crippen LogP) is 2.81. The quantitative estimate of drug-likeness (QED) is 0.758. The standard InChI is InChI=1S/C18H24BSi/c1-13-11-14(2)18(15(3)12-13)19-16-9-7-8-10-17(16)20(4,5)6/h7-12H,1-6H3. The van der Waals surface area contributed by atoms with Crippen molar-refractivity contribution in [2.75, 3.05) is 0 Å². The summed E-state index contributed by atoms with van der Waals surface area (Å²) in [5, 5.41) is 1.54. The molecule has 0 aliphatic carbocycles. The lowest BCUT2D eigenvalue weighted by molar-refractivity contribution is 1.35. The van der Waals surface area contributed by atoms with Gasteiger partial charge in [-0.05, 0) is 20.8 Å². The molecule has 0 nitrogen and oxygen atoms in total. The van der Waals surface area contributed by atoms with Gasteiger partial charge in [0.1, 0.15) is 0 Å². The summed E-state index contributed by atoms with van der Waals surface area (Å²) in [4.78, 5) is 0. The van der Waals surface area contributed by atoms with E-state index >= 15 is 0 Å². The predicted molar refractivity (Wildman–Crippen MR) is 95.1 cm³/mol. The van der Waals surface area contributed by atoms with Crippen LogP contribution in [0.5, 0.6) is 0 Å². The van der Waals surface area contributed by atoms with E-state index in [0.717, 1.165) is 0 Å². The molecule has 2 heteroatoms. The summed E-state index contributed by atoms with van der Waals surface area (Å²) < 4.78 is 0. The molecular formula is C18H24BSi. The van der Waals surface area contributed by atoms with Gasteiger partial charge in [-0.25, -0.2) is 0 Å². The summed E-state index contributed by atoms with van der Waals surface area (Å²) in [7, 11) is 1.06. The minimum absolute atomic E-state index is 1.31. The first kappa shape index (κ1) is 15.1. The highest BCUT2D eigenvalue weighted by atomic mass is 28.3. The second kappa shape index (κ2) is 5.61. The Balaban J connectivity index is 2.46. The fraction of sp³-hybridized carbons (Fsp3) is 0.333. The molecule has 1 radical (unpaired) electrons. The Kier molecular flexibility index (Phi) is 4.24. The summed E-state index contributed by atoms with van der Waals surface area (Å²) in [6.45, 7) is 13.8. The third kappa shape index (κ3) is 3.24. The molecule has 103 valence electrons. The molecule has 0 saturated carbocycles. The molecule has 0 saturated heterocycles. The van der Waals surface area contributed by atoms with Crippen molar-refractivity contribution in [3.05, 3.63) is 53.1 Å². The van der Waals surface area contributed by atoms with Crippen LogP contribution in [0.1, 0.15) is 16.7 Å². The minimum Gasteiger partial charge on any atom is -0.0821 e. The Morgan fingerprint density at radius 2 is 1.40 bits per heavy atom.